The van der Waals surface area contributed by atoms with Gasteiger partial charge in [0.05, 0.1) is 19.0 Å². The number of aromatic nitrogens is 1. The van der Waals surface area contributed by atoms with E-state index in [-0.39, 0.29) is 16.8 Å². The summed E-state index contributed by atoms with van der Waals surface area (Å²) in [5, 5.41) is 14.6. The number of hydrogen-bond donors (Lipinski definition) is 3. The highest BCUT2D eigenvalue weighted by atomic mass is 19.1. The third-order valence-electron chi connectivity index (χ3n) is 7.58. The Morgan fingerprint density at radius 3 is 2.23 bits per heavy atom. The fraction of sp³-hybridized carbons (Fsp3) is 0.444. The van der Waals surface area contributed by atoms with Gasteiger partial charge in [-0.25, -0.2) is 13.8 Å². The quantitative estimate of drug-likeness (QED) is 0.267. The number of rotatable bonds is 9. The van der Waals surface area contributed by atoms with Crippen LogP contribution in [0.5, 0.6) is 0 Å². The molecule has 2 heterocycles. The first-order valence-corrected chi connectivity index (χ1v) is 15.9. The van der Waals surface area contributed by atoms with Crippen LogP contribution in [0.4, 0.5) is 14.6 Å². The fourth-order valence-corrected chi connectivity index (χ4v) is 5.47. The lowest BCUT2D eigenvalue weighted by Crippen LogP contribution is -2.40. The summed E-state index contributed by atoms with van der Waals surface area (Å²) in [6.45, 7) is 14.5. The molecule has 11 heteroatoms. The molecule has 3 N–H and O–H groups in total. The van der Waals surface area contributed by atoms with Crippen molar-refractivity contribution in [3.63, 3.8) is 0 Å². The third-order valence-corrected chi connectivity index (χ3v) is 7.58. The van der Waals surface area contributed by atoms with Crippen molar-refractivity contribution in [1.29, 1.82) is 0 Å². The van der Waals surface area contributed by atoms with Crippen LogP contribution in [-0.4, -0.2) is 72.5 Å². The highest BCUT2D eigenvalue weighted by molar-refractivity contribution is 5.95. The van der Waals surface area contributed by atoms with Crippen LogP contribution in [-0.2, 0) is 9.59 Å². The summed E-state index contributed by atoms with van der Waals surface area (Å²) < 4.78 is 29.3. The summed E-state index contributed by atoms with van der Waals surface area (Å²) >= 11 is 0. The third kappa shape index (κ3) is 10.8. The molecule has 1 fully saturated rings. The highest BCUT2D eigenvalue weighted by Crippen LogP contribution is 2.33. The predicted molar refractivity (Wildman–Crippen MR) is 181 cm³/mol. The van der Waals surface area contributed by atoms with Crippen LogP contribution in [0.1, 0.15) is 72.4 Å². The number of carboxylic acid groups (broad SMARTS) is 1. The smallest absolute Gasteiger partial charge is 0.305 e. The minimum Gasteiger partial charge on any atom is -0.481 e. The van der Waals surface area contributed by atoms with Crippen molar-refractivity contribution in [3.8, 4) is 11.1 Å². The van der Waals surface area contributed by atoms with Crippen molar-refractivity contribution in [2.24, 2.45) is 5.92 Å². The minimum absolute atomic E-state index is 0.0161. The van der Waals surface area contributed by atoms with Crippen molar-refractivity contribution < 1.29 is 28.3 Å². The molecule has 1 saturated heterocycles. The van der Waals surface area contributed by atoms with Gasteiger partial charge in [0.25, 0.3) is 5.91 Å². The topological polar surface area (TPSA) is 115 Å². The zero-order valence-corrected chi connectivity index (χ0v) is 28.4. The number of amides is 2. The molecular weight excluding hydrogens is 604 g/mol. The van der Waals surface area contributed by atoms with E-state index in [0.29, 0.717) is 28.1 Å². The molecule has 1 unspecified atom stereocenters. The van der Waals surface area contributed by atoms with Crippen molar-refractivity contribution in [2.45, 2.75) is 60.4 Å². The molecule has 0 aliphatic carbocycles. The standard InChI is InChI=1S/C32H37F2N5O4.C4H10/c1-19-14-23(33)15-20(2)30(19)22-13-21(3)31(34)24(16-22)26(17-29(41)42)37-28(40)18-35-32(43)25-7-5-8-27(36-25)39-10-6-9-38(4)11-12-39;1-4(2)3/h5,7-8,13-16,26H,6,9-12,17-18H2,1-4H3,(H,35,43)(H,37,40)(H,41,42);4H,1-3H3. The summed E-state index contributed by atoms with van der Waals surface area (Å²) in [6, 6.07) is 9.74. The summed E-state index contributed by atoms with van der Waals surface area (Å²) in [5.74, 6) is -2.05. The van der Waals surface area contributed by atoms with Crippen molar-refractivity contribution in [1.82, 2.24) is 20.5 Å². The van der Waals surface area contributed by atoms with E-state index in [4.69, 9.17) is 0 Å². The van der Waals surface area contributed by atoms with Crippen LogP contribution in [0.3, 0.4) is 0 Å². The first kappa shape index (κ1) is 37.1. The number of benzene rings is 2. The maximum absolute atomic E-state index is 15.4. The van der Waals surface area contributed by atoms with Gasteiger partial charge < -0.3 is 25.5 Å². The maximum atomic E-state index is 15.4. The fourth-order valence-electron chi connectivity index (χ4n) is 5.47. The van der Waals surface area contributed by atoms with Crippen LogP contribution >= 0.6 is 0 Å². The molecule has 1 aromatic heterocycles. The van der Waals surface area contributed by atoms with Gasteiger partial charge in [-0.3, -0.25) is 14.4 Å². The van der Waals surface area contributed by atoms with E-state index < -0.39 is 48.4 Å². The lowest BCUT2D eigenvalue weighted by atomic mass is 9.90. The molecule has 0 spiro atoms. The molecule has 47 heavy (non-hydrogen) atoms. The molecule has 9 nitrogen and oxygen atoms in total. The van der Waals surface area contributed by atoms with Gasteiger partial charge in [-0.2, -0.15) is 0 Å². The number of pyridine rings is 1. The number of carbonyl (C=O) groups is 3. The van der Waals surface area contributed by atoms with E-state index >= 15 is 4.39 Å². The maximum Gasteiger partial charge on any atom is 0.305 e. The number of anilines is 1. The number of halogens is 2. The van der Waals surface area contributed by atoms with E-state index in [0.717, 1.165) is 38.5 Å². The SMILES string of the molecule is CC(C)C.Cc1cc(-c2c(C)cc(F)cc2C)cc(C(CC(=O)O)NC(=O)CNC(=O)c2cccc(N3CCCN(C)CC3)n2)c1F. The first-order valence-electron chi connectivity index (χ1n) is 15.9. The number of hydrogen-bond acceptors (Lipinski definition) is 6. The Morgan fingerprint density at radius 1 is 0.936 bits per heavy atom. The number of likely N-dealkylation sites (N-methyl/N-ethyl adjacent to an activating group) is 1. The van der Waals surface area contributed by atoms with E-state index in [9.17, 15) is 23.9 Å². The second-order valence-electron chi connectivity index (χ2n) is 12.8. The monoisotopic (exact) mass is 651 g/mol. The largest absolute Gasteiger partial charge is 0.481 e. The molecule has 0 bridgehead atoms. The van der Waals surface area contributed by atoms with Crippen LogP contribution in [0, 0.1) is 38.3 Å². The number of nitrogens with one attached hydrogen (secondary N) is 2. The van der Waals surface area contributed by atoms with Crippen LogP contribution in [0.2, 0.25) is 0 Å². The summed E-state index contributed by atoms with van der Waals surface area (Å²) in [5.41, 5.74) is 2.91. The second kappa shape index (κ2) is 17.0. The Labute approximate surface area is 276 Å². The molecule has 4 rings (SSSR count). The lowest BCUT2D eigenvalue weighted by molar-refractivity contribution is -0.137. The molecule has 1 atom stereocenters. The first-order chi connectivity index (χ1) is 22.2. The van der Waals surface area contributed by atoms with Gasteiger partial charge in [-0.05, 0) is 111 Å². The molecule has 2 amide bonds. The average Bonchev–Trinajstić information content (AvgIpc) is 3.20. The van der Waals surface area contributed by atoms with Gasteiger partial charge >= 0.3 is 5.97 Å². The summed E-state index contributed by atoms with van der Waals surface area (Å²) in [4.78, 5) is 46.3. The van der Waals surface area contributed by atoms with E-state index in [2.05, 4.69) is 53.2 Å². The van der Waals surface area contributed by atoms with Crippen molar-refractivity contribution in [2.75, 3.05) is 44.7 Å². The molecule has 254 valence electrons. The van der Waals surface area contributed by atoms with Gasteiger partial charge in [0, 0.05) is 25.2 Å². The molecule has 0 radical (unpaired) electrons. The van der Waals surface area contributed by atoms with E-state index in [1.807, 2.05) is 6.07 Å². The average molecular weight is 652 g/mol. The number of aliphatic carboxylic acids is 1. The Hall–Kier alpha value is -4.38. The van der Waals surface area contributed by atoms with Gasteiger partial charge in [-0.15, -0.1) is 0 Å². The summed E-state index contributed by atoms with van der Waals surface area (Å²) in [6.07, 6.45) is 0.383. The lowest BCUT2D eigenvalue weighted by Gasteiger charge is -2.22. The summed E-state index contributed by atoms with van der Waals surface area (Å²) in [7, 11) is 2.06. The Kier molecular flexibility index (Phi) is 13.4. The van der Waals surface area contributed by atoms with Crippen LogP contribution < -0.4 is 15.5 Å². The molecule has 1 aliphatic heterocycles. The molecule has 3 aromatic rings. The second-order valence-corrected chi connectivity index (χ2v) is 12.8. The van der Waals surface area contributed by atoms with Gasteiger partial charge in [0.15, 0.2) is 0 Å². The molecule has 0 saturated carbocycles. The van der Waals surface area contributed by atoms with Gasteiger partial charge in [0.2, 0.25) is 5.91 Å². The van der Waals surface area contributed by atoms with E-state index in [1.165, 1.54) is 18.2 Å². The van der Waals surface area contributed by atoms with Crippen molar-refractivity contribution in [3.05, 3.63) is 82.0 Å². The number of nitrogens with zero attached hydrogens (tertiary/aromatic N) is 3. The normalized spacial score (nSPS) is 14.1. The molecule has 2 aromatic carbocycles. The Bertz CT molecular complexity index is 1550. The van der Waals surface area contributed by atoms with Gasteiger partial charge in [-0.1, -0.05) is 26.8 Å². The number of carboxylic acids is 1. The van der Waals surface area contributed by atoms with Gasteiger partial charge in [0.1, 0.15) is 23.1 Å². The number of aryl methyl sites for hydroxylation is 3. The Morgan fingerprint density at radius 2 is 1.60 bits per heavy atom. The molecular formula is C36H47F2N5O4. The zero-order chi connectivity index (χ0) is 34.8. The predicted octanol–water partition coefficient (Wildman–Crippen LogP) is 5.82. The minimum atomic E-state index is -1.24. The van der Waals surface area contributed by atoms with Crippen molar-refractivity contribution >= 4 is 23.6 Å². The zero-order valence-electron chi connectivity index (χ0n) is 28.4. The van der Waals surface area contributed by atoms with Crippen LogP contribution in [0.15, 0.2) is 42.5 Å². The molecule has 1 aliphatic rings. The van der Waals surface area contributed by atoms with E-state index in [1.54, 1.807) is 39.0 Å². The Balaban J connectivity index is 0.00000142. The van der Waals surface area contributed by atoms with Crippen LogP contribution in [0.25, 0.3) is 11.1 Å². The number of carbonyl (C=O) groups excluding carboxylic acids is 2. The highest BCUT2D eigenvalue weighted by Gasteiger charge is 2.25.